The Balaban J connectivity index is 1.93. The van der Waals surface area contributed by atoms with E-state index in [4.69, 9.17) is 16.3 Å². The van der Waals surface area contributed by atoms with Crippen LogP contribution in [0, 0.1) is 0 Å². The van der Waals surface area contributed by atoms with Crippen molar-refractivity contribution in [3.8, 4) is 17.2 Å². The Hall–Kier alpha value is -3.12. The van der Waals surface area contributed by atoms with E-state index in [1.165, 1.54) is 24.1 Å². The van der Waals surface area contributed by atoms with Crippen LogP contribution in [0.15, 0.2) is 65.6 Å². The number of nitrogens with zero attached hydrogens (tertiary/aromatic N) is 2. The number of ether oxygens (including phenoxy) is 2. The first kappa shape index (κ1) is 16.7. The largest absolute Gasteiger partial charge is 0.465 e. The van der Waals surface area contributed by atoms with E-state index in [-0.39, 0.29) is 10.8 Å². The molecule has 0 aliphatic heterocycles. The van der Waals surface area contributed by atoms with E-state index in [0.717, 1.165) is 0 Å². The van der Waals surface area contributed by atoms with Gasteiger partial charge in [-0.15, -0.1) is 0 Å². The van der Waals surface area contributed by atoms with Gasteiger partial charge in [-0.25, -0.2) is 4.79 Å². The Kier molecular flexibility index (Phi) is 4.81. The van der Waals surface area contributed by atoms with Crippen molar-refractivity contribution in [2.75, 3.05) is 7.11 Å². The first-order valence-corrected chi connectivity index (χ1v) is 7.67. The Morgan fingerprint density at radius 3 is 2.60 bits per heavy atom. The van der Waals surface area contributed by atoms with Gasteiger partial charge in [0.1, 0.15) is 5.75 Å². The fourth-order valence-corrected chi connectivity index (χ4v) is 2.34. The molecule has 0 atom stereocenters. The molecule has 3 aromatic rings. The van der Waals surface area contributed by atoms with E-state index in [2.05, 4.69) is 9.84 Å². The van der Waals surface area contributed by atoms with Gasteiger partial charge in [0.25, 0.3) is 5.56 Å². The molecule has 2 aromatic carbocycles. The monoisotopic (exact) mass is 356 g/mol. The Morgan fingerprint density at radius 2 is 1.88 bits per heavy atom. The smallest absolute Gasteiger partial charge is 0.337 e. The first-order chi connectivity index (χ1) is 12.1. The summed E-state index contributed by atoms with van der Waals surface area (Å²) in [6, 6.07) is 15.2. The van der Waals surface area contributed by atoms with Crippen LogP contribution in [0.5, 0.6) is 11.5 Å². The lowest BCUT2D eigenvalue weighted by molar-refractivity contribution is 0.0600. The maximum absolute atomic E-state index is 12.4. The Bertz CT molecular complexity index is 970. The van der Waals surface area contributed by atoms with Crippen LogP contribution in [0.25, 0.3) is 5.69 Å². The highest BCUT2D eigenvalue weighted by molar-refractivity contribution is 6.31. The molecule has 0 N–H and O–H groups in total. The van der Waals surface area contributed by atoms with Crippen LogP contribution in [0.3, 0.4) is 0 Å². The van der Waals surface area contributed by atoms with Gasteiger partial charge in [-0.2, -0.15) is 9.78 Å². The molecule has 0 aliphatic rings. The van der Waals surface area contributed by atoms with Crippen LogP contribution < -0.4 is 10.3 Å². The molecule has 6 nitrogen and oxygen atoms in total. The highest BCUT2D eigenvalue weighted by Gasteiger charge is 2.13. The van der Waals surface area contributed by atoms with Gasteiger partial charge in [-0.05, 0) is 30.3 Å². The number of hydrogen-bond donors (Lipinski definition) is 0. The predicted octanol–water partition coefficient (Wildman–Crippen LogP) is 3.46. The molecule has 0 saturated carbocycles. The lowest BCUT2D eigenvalue weighted by Gasteiger charge is -2.10. The number of hydrogen-bond acceptors (Lipinski definition) is 5. The molecule has 1 heterocycles. The number of halogens is 1. The van der Waals surface area contributed by atoms with Gasteiger partial charge in [0.2, 0.25) is 0 Å². The maximum atomic E-state index is 12.4. The summed E-state index contributed by atoms with van der Waals surface area (Å²) in [6.45, 7) is 0. The van der Waals surface area contributed by atoms with Crippen molar-refractivity contribution in [2.45, 2.75) is 0 Å². The highest BCUT2D eigenvalue weighted by atomic mass is 35.5. The summed E-state index contributed by atoms with van der Waals surface area (Å²) in [4.78, 5) is 24.0. The third-order valence-corrected chi connectivity index (χ3v) is 3.72. The van der Waals surface area contributed by atoms with E-state index in [1.807, 2.05) is 6.07 Å². The van der Waals surface area contributed by atoms with Crippen LogP contribution in [-0.2, 0) is 4.74 Å². The number of carbonyl (C=O) groups is 1. The summed E-state index contributed by atoms with van der Waals surface area (Å²) in [5, 5.41) is 3.97. The van der Waals surface area contributed by atoms with Crippen molar-refractivity contribution in [3.63, 3.8) is 0 Å². The van der Waals surface area contributed by atoms with Gasteiger partial charge in [-0.3, -0.25) is 4.79 Å². The zero-order valence-electron chi connectivity index (χ0n) is 13.2. The molecule has 3 rings (SSSR count). The molecule has 7 heteroatoms. The predicted molar refractivity (Wildman–Crippen MR) is 92.7 cm³/mol. The van der Waals surface area contributed by atoms with Gasteiger partial charge < -0.3 is 9.47 Å². The molecule has 0 aliphatic carbocycles. The summed E-state index contributed by atoms with van der Waals surface area (Å²) in [6.07, 6.45) is 1.35. The van der Waals surface area contributed by atoms with E-state index in [1.54, 1.807) is 42.5 Å². The van der Waals surface area contributed by atoms with Crippen LogP contribution in [0.4, 0.5) is 0 Å². The topological polar surface area (TPSA) is 70.4 Å². The average molecular weight is 357 g/mol. The molecule has 1 aromatic heterocycles. The molecule has 0 bridgehead atoms. The normalized spacial score (nSPS) is 10.3. The summed E-state index contributed by atoms with van der Waals surface area (Å²) in [5.41, 5.74) is 0.407. The van der Waals surface area contributed by atoms with E-state index >= 15 is 0 Å². The Morgan fingerprint density at radius 1 is 1.12 bits per heavy atom. The lowest BCUT2D eigenvalue weighted by Crippen LogP contribution is -2.21. The number of benzene rings is 2. The highest BCUT2D eigenvalue weighted by Crippen LogP contribution is 2.26. The quantitative estimate of drug-likeness (QED) is 0.669. The van der Waals surface area contributed by atoms with Gasteiger partial charge in [-0.1, -0.05) is 35.9 Å². The molecule has 126 valence electrons. The molecule has 0 spiro atoms. The maximum Gasteiger partial charge on any atom is 0.337 e. The second kappa shape index (κ2) is 7.19. The van der Waals surface area contributed by atoms with Crippen LogP contribution >= 0.6 is 11.6 Å². The van der Waals surface area contributed by atoms with Crippen molar-refractivity contribution in [3.05, 3.63) is 81.7 Å². The molecule has 0 radical (unpaired) electrons. The summed E-state index contributed by atoms with van der Waals surface area (Å²) in [5.74, 6) is -0.0570. The van der Waals surface area contributed by atoms with E-state index < -0.39 is 11.5 Å². The molecule has 0 saturated heterocycles. The minimum atomic E-state index is -0.505. The van der Waals surface area contributed by atoms with Crippen molar-refractivity contribution in [1.82, 2.24) is 9.78 Å². The van der Waals surface area contributed by atoms with Gasteiger partial charge >= 0.3 is 5.97 Å². The van der Waals surface area contributed by atoms with Crippen molar-refractivity contribution in [2.24, 2.45) is 0 Å². The first-order valence-electron chi connectivity index (χ1n) is 7.29. The molecular formula is C18H13ClN2O4. The van der Waals surface area contributed by atoms with Gasteiger partial charge in [0.05, 0.1) is 24.6 Å². The van der Waals surface area contributed by atoms with Crippen molar-refractivity contribution >= 4 is 17.6 Å². The fraction of sp³-hybridized carbons (Fsp3) is 0.0556. The molecular weight excluding hydrogens is 344 g/mol. The standard InChI is InChI=1S/C18H13ClN2O4/c1-24-18(23)12-6-5-9-14(10-12)25-15-11-20-21(17(22)16(15)19)13-7-3-2-4-8-13/h2-11H,1H3. The molecule has 0 fully saturated rings. The van der Waals surface area contributed by atoms with E-state index in [0.29, 0.717) is 17.0 Å². The number of rotatable bonds is 4. The number of aromatic nitrogens is 2. The third-order valence-electron chi connectivity index (χ3n) is 3.37. The number of methoxy groups -OCH3 is 1. The third kappa shape index (κ3) is 3.54. The number of para-hydroxylation sites is 1. The fourth-order valence-electron chi connectivity index (χ4n) is 2.17. The summed E-state index contributed by atoms with van der Waals surface area (Å²) in [7, 11) is 1.29. The van der Waals surface area contributed by atoms with Crippen LogP contribution in [-0.4, -0.2) is 22.9 Å². The SMILES string of the molecule is COC(=O)c1cccc(Oc2cnn(-c3ccccc3)c(=O)c2Cl)c1. The second-order valence-electron chi connectivity index (χ2n) is 5.00. The average Bonchev–Trinajstić information content (AvgIpc) is 2.66. The minimum absolute atomic E-state index is 0.0980. The van der Waals surface area contributed by atoms with Crippen molar-refractivity contribution < 1.29 is 14.3 Å². The number of esters is 1. The van der Waals surface area contributed by atoms with Gasteiger partial charge in [0.15, 0.2) is 10.8 Å². The minimum Gasteiger partial charge on any atom is -0.465 e. The zero-order chi connectivity index (χ0) is 17.8. The Labute approximate surface area is 148 Å². The molecule has 25 heavy (non-hydrogen) atoms. The van der Waals surface area contributed by atoms with E-state index in [9.17, 15) is 9.59 Å². The number of carbonyl (C=O) groups excluding carboxylic acids is 1. The van der Waals surface area contributed by atoms with Crippen LogP contribution in [0.1, 0.15) is 10.4 Å². The zero-order valence-corrected chi connectivity index (χ0v) is 13.9. The van der Waals surface area contributed by atoms with Crippen LogP contribution in [0.2, 0.25) is 5.02 Å². The summed E-state index contributed by atoms with van der Waals surface area (Å²) >= 11 is 6.14. The van der Waals surface area contributed by atoms with Crippen molar-refractivity contribution in [1.29, 1.82) is 0 Å². The lowest BCUT2D eigenvalue weighted by atomic mass is 10.2. The summed E-state index contributed by atoms with van der Waals surface area (Å²) < 4.78 is 11.4. The molecule has 0 unspecified atom stereocenters. The van der Waals surface area contributed by atoms with Gasteiger partial charge in [0, 0.05) is 0 Å². The molecule has 0 amide bonds. The second-order valence-corrected chi connectivity index (χ2v) is 5.37.